The zero-order valence-electron chi connectivity index (χ0n) is 12.8. The Balaban J connectivity index is 1.73. The molecule has 0 fully saturated rings. The molecule has 0 aliphatic heterocycles. The summed E-state index contributed by atoms with van der Waals surface area (Å²) in [6.07, 6.45) is 0.336. The number of carbonyl (C=O) groups excluding carboxylic acids is 1. The van der Waals surface area contributed by atoms with Gasteiger partial charge in [-0.15, -0.1) is 11.3 Å². The van der Waals surface area contributed by atoms with E-state index < -0.39 is 0 Å². The SMILES string of the molecule is COc1ccc(CC(=O)Nc2ccccc2-c2cccs2)cc1. The third kappa shape index (κ3) is 3.79. The van der Waals surface area contributed by atoms with E-state index in [-0.39, 0.29) is 5.91 Å². The van der Waals surface area contributed by atoms with Gasteiger partial charge in [0.1, 0.15) is 5.75 Å². The van der Waals surface area contributed by atoms with Crippen molar-refractivity contribution in [2.24, 2.45) is 0 Å². The van der Waals surface area contributed by atoms with Crippen LogP contribution in [0.1, 0.15) is 5.56 Å². The number of para-hydroxylation sites is 1. The van der Waals surface area contributed by atoms with Crippen LogP contribution >= 0.6 is 11.3 Å². The number of carbonyl (C=O) groups is 1. The van der Waals surface area contributed by atoms with Gasteiger partial charge in [-0.05, 0) is 35.2 Å². The Morgan fingerprint density at radius 3 is 2.52 bits per heavy atom. The predicted molar refractivity (Wildman–Crippen MR) is 95.1 cm³/mol. The van der Waals surface area contributed by atoms with Gasteiger partial charge in [0, 0.05) is 16.1 Å². The second kappa shape index (κ2) is 7.11. The van der Waals surface area contributed by atoms with Gasteiger partial charge < -0.3 is 10.1 Å². The highest BCUT2D eigenvalue weighted by Gasteiger charge is 2.09. The maximum atomic E-state index is 12.3. The van der Waals surface area contributed by atoms with Crippen LogP contribution in [-0.2, 0) is 11.2 Å². The van der Waals surface area contributed by atoms with Crippen LogP contribution in [-0.4, -0.2) is 13.0 Å². The van der Waals surface area contributed by atoms with Crippen molar-refractivity contribution in [3.8, 4) is 16.2 Å². The lowest BCUT2D eigenvalue weighted by Crippen LogP contribution is -2.14. The fourth-order valence-corrected chi connectivity index (χ4v) is 3.13. The van der Waals surface area contributed by atoms with E-state index in [2.05, 4.69) is 11.4 Å². The summed E-state index contributed by atoms with van der Waals surface area (Å²) >= 11 is 1.66. The molecule has 0 aliphatic rings. The van der Waals surface area contributed by atoms with E-state index in [0.717, 1.165) is 27.4 Å². The topological polar surface area (TPSA) is 38.3 Å². The molecule has 3 aromatic rings. The Hall–Kier alpha value is -2.59. The highest BCUT2D eigenvalue weighted by atomic mass is 32.1. The fraction of sp³-hybridized carbons (Fsp3) is 0.105. The number of nitrogens with one attached hydrogen (secondary N) is 1. The highest BCUT2D eigenvalue weighted by molar-refractivity contribution is 7.13. The van der Waals surface area contributed by atoms with Crippen LogP contribution in [0.25, 0.3) is 10.4 Å². The van der Waals surface area contributed by atoms with Crippen molar-refractivity contribution in [2.45, 2.75) is 6.42 Å². The minimum absolute atomic E-state index is 0.0285. The molecule has 0 spiro atoms. The lowest BCUT2D eigenvalue weighted by Gasteiger charge is -2.10. The standard InChI is InChI=1S/C19H17NO2S/c1-22-15-10-8-14(9-11-15)13-19(21)20-17-6-3-2-5-16(17)18-7-4-12-23-18/h2-12H,13H2,1H3,(H,20,21). The van der Waals surface area contributed by atoms with Crippen LogP contribution < -0.4 is 10.1 Å². The molecule has 2 aromatic carbocycles. The number of methoxy groups -OCH3 is 1. The van der Waals surface area contributed by atoms with Crippen molar-refractivity contribution in [2.75, 3.05) is 12.4 Å². The molecule has 0 unspecified atom stereocenters. The van der Waals surface area contributed by atoms with Gasteiger partial charge in [-0.1, -0.05) is 36.4 Å². The molecule has 1 amide bonds. The Morgan fingerprint density at radius 2 is 1.83 bits per heavy atom. The molecule has 1 heterocycles. The quantitative estimate of drug-likeness (QED) is 0.745. The number of ether oxygens (including phenoxy) is 1. The summed E-state index contributed by atoms with van der Waals surface area (Å²) in [5.74, 6) is 0.761. The zero-order valence-corrected chi connectivity index (χ0v) is 13.6. The van der Waals surface area contributed by atoms with Crippen molar-refractivity contribution in [3.63, 3.8) is 0 Å². The molecule has 0 atom stereocenters. The highest BCUT2D eigenvalue weighted by Crippen LogP contribution is 2.31. The van der Waals surface area contributed by atoms with Crippen molar-refractivity contribution < 1.29 is 9.53 Å². The van der Waals surface area contributed by atoms with Gasteiger partial charge >= 0.3 is 0 Å². The lowest BCUT2D eigenvalue weighted by molar-refractivity contribution is -0.115. The van der Waals surface area contributed by atoms with E-state index in [1.54, 1.807) is 18.4 Å². The molecule has 0 radical (unpaired) electrons. The number of benzene rings is 2. The summed E-state index contributed by atoms with van der Waals surface area (Å²) in [6, 6.07) is 19.5. The minimum Gasteiger partial charge on any atom is -0.497 e. The monoisotopic (exact) mass is 323 g/mol. The van der Waals surface area contributed by atoms with Crippen molar-refractivity contribution in [3.05, 3.63) is 71.6 Å². The van der Waals surface area contributed by atoms with E-state index in [4.69, 9.17) is 4.74 Å². The van der Waals surface area contributed by atoms with Crippen LogP contribution in [0.5, 0.6) is 5.75 Å². The Labute approximate surface area is 139 Å². The van der Waals surface area contributed by atoms with Crippen LogP contribution in [0.2, 0.25) is 0 Å². The largest absolute Gasteiger partial charge is 0.497 e. The van der Waals surface area contributed by atoms with E-state index in [0.29, 0.717) is 6.42 Å². The predicted octanol–water partition coefficient (Wildman–Crippen LogP) is 4.60. The fourth-order valence-electron chi connectivity index (χ4n) is 2.36. The van der Waals surface area contributed by atoms with Crippen LogP contribution in [0.4, 0.5) is 5.69 Å². The third-order valence-electron chi connectivity index (χ3n) is 3.51. The normalized spacial score (nSPS) is 10.3. The number of anilines is 1. The molecule has 0 aliphatic carbocycles. The van der Waals surface area contributed by atoms with Gasteiger partial charge in [-0.25, -0.2) is 0 Å². The number of amides is 1. The Kier molecular flexibility index (Phi) is 4.74. The van der Waals surface area contributed by atoms with Gasteiger partial charge in [-0.3, -0.25) is 4.79 Å². The van der Waals surface area contributed by atoms with E-state index in [1.807, 2.05) is 60.0 Å². The van der Waals surface area contributed by atoms with Crippen LogP contribution in [0.3, 0.4) is 0 Å². The first-order chi connectivity index (χ1) is 11.3. The minimum atomic E-state index is -0.0285. The summed E-state index contributed by atoms with van der Waals surface area (Å²) < 4.78 is 5.13. The molecule has 3 rings (SSSR count). The lowest BCUT2D eigenvalue weighted by atomic mass is 10.1. The maximum absolute atomic E-state index is 12.3. The summed E-state index contributed by atoms with van der Waals surface area (Å²) in [7, 11) is 1.63. The molecule has 0 bridgehead atoms. The average molecular weight is 323 g/mol. The van der Waals surface area contributed by atoms with Crippen LogP contribution in [0.15, 0.2) is 66.0 Å². The van der Waals surface area contributed by atoms with E-state index in [1.165, 1.54) is 0 Å². The molecule has 0 saturated carbocycles. The molecule has 4 heteroatoms. The van der Waals surface area contributed by atoms with Crippen molar-refractivity contribution in [1.82, 2.24) is 0 Å². The second-order valence-electron chi connectivity index (χ2n) is 5.10. The molecule has 1 N–H and O–H groups in total. The number of hydrogen-bond acceptors (Lipinski definition) is 3. The summed E-state index contributed by atoms with van der Waals surface area (Å²) in [4.78, 5) is 13.5. The third-order valence-corrected chi connectivity index (χ3v) is 4.41. The average Bonchev–Trinajstić information content (AvgIpc) is 3.10. The second-order valence-corrected chi connectivity index (χ2v) is 6.04. The van der Waals surface area contributed by atoms with Gasteiger partial charge in [-0.2, -0.15) is 0 Å². The summed E-state index contributed by atoms with van der Waals surface area (Å²) in [5.41, 5.74) is 2.84. The van der Waals surface area contributed by atoms with E-state index >= 15 is 0 Å². The molecule has 116 valence electrons. The zero-order chi connectivity index (χ0) is 16.1. The molecule has 0 saturated heterocycles. The van der Waals surface area contributed by atoms with E-state index in [9.17, 15) is 4.79 Å². The smallest absolute Gasteiger partial charge is 0.228 e. The first-order valence-corrected chi connectivity index (χ1v) is 8.20. The van der Waals surface area contributed by atoms with Gasteiger partial charge in [0.25, 0.3) is 0 Å². The van der Waals surface area contributed by atoms with Gasteiger partial charge in [0.15, 0.2) is 0 Å². The molecular formula is C19H17NO2S. The summed E-state index contributed by atoms with van der Waals surface area (Å²) in [5, 5.41) is 5.05. The first kappa shape index (κ1) is 15.3. The Morgan fingerprint density at radius 1 is 1.04 bits per heavy atom. The summed E-state index contributed by atoms with van der Waals surface area (Å²) in [6.45, 7) is 0. The Bertz CT molecular complexity index is 779. The molecule has 3 nitrogen and oxygen atoms in total. The van der Waals surface area contributed by atoms with Gasteiger partial charge in [0.05, 0.1) is 13.5 Å². The first-order valence-electron chi connectivity index (χ1n) is 7.32. The van der Waals surface area contributed by atoms with Crippen LogP contribution in [0, 0.1) is 0 Å². The number of rotatable bonds is 5. The number of hydrogen-bond donors (Lipinski definition) is 1. The molecule has 23 heavy (non-hydrogen) atoms. The van der Waals surface area contributed by atoms with Crippen molar-refractivity contribution in [1.29, 1.82) is 0 Å². The number of thiophene rings is 1. The molecular weight excluding hydrogens is 306 g/mol. The van der Waals surface area contributed by atoms with Crippen molar-refractivity contribution >= 4 is 22.9 Å². The maximum Gasteiger partial charge on any atom is 0.228 e. The van der Waals surface area contributed by atoms with Gasteiger partial charge in [0.2, 0.25) is 5.91 Å². The molecule has 1 aromatic heterocycles.